The molecular weight excluding hydrogens is 278 g/mol. The van der Waals surface area contributed by atoms with Crippen LogP contribution >= 0.6 is 11.6 Å². The van der Waals surface area contributed by atoms with Gasteiger partial charge >= 0.3 is 5.88 Å². The Bertz CT molecular complexity index is 692. The van der Waals surface area contributed by atoms with E-state index in [1.54, 1.807) is 0 Å². The molecule has 0 fully saturated rings. The first-order valence-electron chi connectivity index (χ1n) is 4.84. The van der Waals surface area contributed by atoms with Crippen LogP contribution in [0.4, 0.5) is 11.6 Å². The van der Waals surface area contributed by atoms with Gasteiger partial charge in [-0.1, -0.05) is 11.6 Å². The lowest BCUT2D eigenvalue weighted by molar-refractivity contribution is -0.402. The molecule has 0 radical (unpaired) electrons. The Morgan fingerprint density at radius 3 is 3.05 bits per heavy atom. The van der Waals surface area contributed by atoms with Crippen LogP contribution in [0.2, 0.25) is 5.02 Å². The minimum absolute atomic E-state index is 0.0995. The van der Waals surface area contributed by atoms with E-state index in [1.807, 2.05) is 0 Å². The van der Waals surface area contributed by atoms with Crippen LogP contribution in [0.25, 0.3) is 0 Å². The summed E-state index contributed by atoms with van der Waals surface area (Å²) >= 11 is 5.69. The van der Waals surface area contributed by atoms with Crippen molar-refractivity contribution in [2.24, 2.45) is 5.10 Å². The van der Waals surface area contributed by atoms with Crippen molar-refractivity contribution in [3.05, 3.63) is 49.6 Å². The van der Waals surface area contributed by atoms with E-state index in [9.17, 15) is 14.9 Å². The van der Waals surface area contributed by atoms with E-state index in [4.69, 9.17) is 16.0 Å². The van der Waals surface area contributed by atoms with Gasteiger partial charge in [0.1, 0.15) is 15.6 Å². The molecule has 2 aromatic rings. The Balaban J connectivity index is 2.09. The number of nitrogens with zero attached hydrogens (tertiary/aromatic N) is 3. The van der Waals surface area contributed by atoms with Crippen LogP contribution in [0.3, 0.4) is 0 Å². The minimum Gasteiger partial charge on any atom is -0.400 e. The van der Waals surface area contributed by atoms with Crippen LogP contribution in [0.15, 0.2) is 32.6 Å². The van der Waals surface area contributed by atoms with Crippen molar-refractivity contribution in [3.63, 3.8) is 0 Å². The molecule has 2 heterocycles. The summed E-state index contributed by atoms with van der Waals surface area (Å²) in [6, 6.07) is 2.57. The lowest BCUT2D eigenvalue weighted by Gasteiger charge is -1.99. The summed E-state index contributed by atoms with van der Waals surface area (Å²) in [7, 11) is 0. The van der Waals surface area contributed by atoms with Gasteiger partial charge < -0.3 is 4.42 Å². The first kappa shape index (κ1) is 12.8. The van der Waals surface area contributed by atoms with Crippen LogP contribution < -0.4 is 11.0 Å². The third kappa shape index (κ3) is 2.96. The third-order valence-electron chi connectivity index (χ3n) is 1.96. The van der Waals surface area contributed by atoms with E-state index in [2.05, 4.69) is 20.7 Å². The van der Waals surface area contributed by atoms with Crippen molar-refractivity contribution >= 4 is 29.4 Å². The molecule has 9 nitrogen and oxygen atoms in total. The number of H-pyrrole nitrogens is 1. The first-order valence-corrected chi connectivity index (χ1v) is 5.22. The zero-order chi connectivity index (χ0) is 13.8. The average molecular weight is 284 g/mol. The molecule has 19 heavy (non-hydrogen) atoms. The van der Waals surface area contributed by atoms with Gasteiger partial charge in [-0.05, 0) is 6.07 Å². The molecule has 10 heteroatoms. The maximum atomic E-state index is 11.1. The summed E-state index contributed by atoms with van der Waals surface area (Å²) in [5, 5.41) is 19.7. The molecule has 0 aromatic carbocycles. The fraction of sp³-hybridized carbons (Fsp3) is 0. The van der Waals surface area contributed by atoms with E-state index < -0.39 is 16.4 Å². The molecule has 0 saturated carbocycles. The molecule has 0 unspecified atom stereocenters. The largest absolute Gasteiger partial charge is 0.433 e. The lowest BCUT2D eigenvalue weighted by Crippen LogP contribution is -2.09. The number of hydrazone groups is 1. The number of hydrogen-bond acceptors (Lipinski definition) is 7. The predicted octanol–water partition coefficient (Wildman–Crippen LogP) is 1.37. The molecule has 0 saturated heterocycles. The summed E-state index contributed by atoms with van der Waals surface area (Å²) in [5.41, 5.74) is 2.10. The standard InChI is InChI=1S/C9H6ClN5O4/c10-8-6(4-12-14-9(8)16)13-11-3-5-1-2-7(19-5)15(17)18/h1-4H,(H2,13,14,16)/b11-3-. The number of nitro groups is 1. The number of aromatic nitrogens is 2. The molecule has 0 bridgehead atoms. The van der Waals surface area contributed by atoms with E-state index >= 15 is 0 Å². The van der Waals surface area contributed by atoms with E-state index in [0.29, 0.717) is 0 Å². The van der Waals surface area contributed by atoms with E-state index in [1.165, 1.54) is 24.5 Å². The van der Waals surface area contributed by atoms with E-state index in [0.717, 1.165) is 0 Å². The normalized spacial score (nSPS) is 10.8. The van der Waals surface area contributed by atoms with Gasteiger partial charge in [-0.25, -0.2) is 5.10 Å². The van der Waals surface area contributed by atoms with Crippen molar-refractivity contribution in [3.8, 4) is 0 Å². The summed E-state index contributed by atoms with van der Waals surface area (Å²) in [4.78, 5) is 20.8. The Hall–Kier alpha value is -2.68. The fourth-order valence-corrected chi connectivity index (χ4v) is 1.27. The Morgan fingerprint density at radius 2 is 2.37 bits per heavy atom. The smallest absolute Gasteiger partial charge is 0.400 e. The predicted molar refractivity (Wildman–Crippen MR) is 66.4 cm³/mol. The summed E-state index contributed by atoms with van der Waals surface area (Å²) in [6.07, 6.45) is 2.47. The second-order valence-electron chi connectivity index (χ2n) is 3.23. The fourth-order valence-electron chi connectivity index (χ4n) is 1.14. The van der Waals surface area contributed by atoms with Gasteiger partial charge in [-0.2, -0.15) is 10.2 Å². The highest BCUT2D eigenvalue weighted by atomic mass is 35.5. The SMILES string of the molecule is O=c1[nH]ncc(N/N=C\c2ccc([N+](=O)[O-])o2)c1Cl. The molecule has 0 atom stereocenters. The van der Waals surface area contributed by atoms with Gasteiger partial charge in [0.05, 0.1) is 18.5 Å². The average Bonchev–Trinajstić information content (AvgIpc) is 2.83. The monoisotopic (exact) mass is 283 g/mol. The molecule has 2 aromatic heterocycles. The van der Waals surface area contributed by atoms with Crippen LogP contribution in [-0.4, -0.2) is 21.3 Å². The maximum Gasteiger partial charge on any atom is 0.433 e. The molecule has 0 amide bonds. The summed E-state index contributed by atoms with van der Waals surface area (Å²) in [6.45, 7) is 0. The molecule has 2 rings (SSSR count). The zero-order valence-corrected chi connectivity index (χ0v) is 9.92. The Morgan fingerprint density at radius 1 is 1.58 bits per heavy atom. The van der Waals surface area contributed by atoms with Crippen molar-refractivity contribution in [2.75, 3.05) is 5.43 Å². The van der Waals surface area contributed by atoms with E-state index in [-0.39, 0.29) is 16.5 Å². The number of furan rings is 1. The molecule has 0 aliphatic carbocycles. The molecule has 2 N–H and O–H groups in total. The highest BCUT2D eigenvalue weighted by Gasteiger charge is 2.10. The maximum absolute atomic E-state index is 11.1. The topological polar surface area (TPSA) is 126 Å². The van der Waals surface area contributed by atoms with Gasteiger partial charge in [0.25, 0.3) is 5.56 Å². The van der Waals surface area contributed by atoms with Gasteiger partial charge in [-0.3, -0.25) is 20.3 Å². The van der Waals surface area contributed by atoms with Crippen LogP contribution in [0.5, 0.6) is 0 Å². The Labute approximate surface area is 110 Å². The van der Waals surface area contributed by atoms with Crippen molar-refractivity contribution in [2.45, 2.75) is 0 Å². The minimum atomic E-state index is -0.664. The zero-order valence-electron chi connectivity index (χ0n) is 9.16. The highest BCUT2D eigenvalue weighted by Crippen LogP contribution is 2.15. The number of rotatable bonds is 4. The molecule has 0 aliphatic rings. The second-order valence-corrected chi connectivity index (χ2v) is 3.61. The number of aromatic amines is 1. The van der Waals surface area contributed by atoms with Crippen molar-refractivity contribution < 1.29 is 9.34 Å². The molecular formula is C9H6ClN5O4. The number of halogens is 1. The molecule has 0 aliphatic heterocycles. The number of nitrogens with one attached hydrogen (secondary N) is 2. The van der Waals surface area contributed by atoms with Crippen LogP contribution in [0.1, 0.15) is 5.76 Å². The highest BCUT2D eigenvalue weighted by molar-refractivity contribution is 6.32. The second kappa shape index (κ2) is 5.31. The lowest BCUT2D eigenvalue weighted by atomic mass is 10.5. The third-order valence-corrected chi connectivity index (χ3v) is 2.34. The van der Waals surface area contributed by atoms with Gasteiger partial charge in [0.15, 0.2) is 5.76 Å². The van der Waals surface area contributed by atoms with Gasteiger partial charge in [0.2, 0.25) is 0 Å². The van der Waals surface area contributed by atoms with Gasteiger partial charge in [0, 0.05) is 0 Å². The Kier molecular flexibility index (Phi) is 3.57. The van der Waals surface area contributed by atoms with Gasteiger partial charge in [-0.15, -0.1) is 0 Å². The quantitative estimate of drug-likeness (QED) is 0.495. The van der Waals surface area contributed by atoms with Crippen molar-refractivity contribution in [1.29, 1.82) is 0 Å². The van der Waals surface area contributed by atoms with Crippen LogP contribution in [-0.2, 0) is 0 Å². The van der Waals surface area contributed by atoms with Crippen LogP contribution in [0, 0.1) is 10.1 Å². The summed E-state index contributed by atoms with van der Waals surface area (Å²) < 4.78 is 4.83. The van der Waals surface area contributed by atoms with Crippen molar-refractivity contribution in [1.82, 2.24) is 10.2 Å². The number of anilines is 1. The molecule has 98 valence electrons. The summed E-state index contributed by atoms with van der Waals surface area (Å²) in [5.74, 6) is -0.217. The number of hydrogen-bond donors (Lipinski definition) is 2. The molecule has 0 spiro atoms. The first-order chi connectivity index (χ1) is 9.08.